The number of nitrogens with one attached hydrogen (secondary N) is 1. The summed E-state index contributed by atoms with van der Waals surface area (Å²) >= 11 is 1.36. The van der Waals surface area contributed by atoms with E-state index < -0.39 is 15.8 Å². The van der Waals surface area contributed by atoms with Crippen molar-refractivity contribution in [3.63, 3.8) is 0 Å². The third-order valence-electron chi connectivity index (χ3n) is 5.67. The van der Waals surface area contributed by atoms with Gasteiger partial charge in [0.05, 0.1) is 5.69 Å². The molecule has 2 aromatic carbocycles. The number of carbonyl (C=O) groups excluding carboxylic acids is 1. The molecule has 9 heteroatoms. The van der Waals surface area contributed by atoms with E-state index in [4.69, 9.17) is 0 Å². The van der Waals surface area contributed by atoms with Gasteiger partial charge in [-0.3, -0.25) is 4.79 Å². The molecule has 6 nitrogen and oxygen atoms in total. The van der Waals surface area contributed by atoms with E-state index in [0.29, 0.717) is 18.0 Å². The van der Waals surface area contributed by atoms with Gasteiger partial charge in [0, 0.05) is 30.0 Å². The second kappa shape index (κ2) is 9.09. The number of thiazole rings is 1. The van der Waals surface area contributed by atoms with Gasteiger partial charge in [0.2, 0.25) is 15.9 Å². The van der Waals surface area contributed by atoms with Crippen molar-refractivity contribution >= 4 is 32.4 Å². The van der Waals surface area contributed by atoms with Crippen molar-refractivity contribution in [2.75, 3.05) is 18.4 Å². The predicted octanol–water partition coefficient (Wildman–Crippen LogP) is 4.61. The average molecular weight is 474 g/mol. The number of anilines is 1. The Hall–Kier alpha value is -2.62. The van der Waals surface area contributed by atoms with Crippen molar-refractivity contribution in [3.05, 3.63) is 64.8 Å². The van der Waals surface area contributed by atoms with E-state index in [0.717, 1.165) is 22.9 Å². The van der Waals surface area contributed by atoms with Gasteiger partial charge in [0.1, 0.15) is 10.7 Å². The lowest BCUT2D eigenvalue weighted by molar-refractivity contribution is -0.120. The Morgan fingerprint density at radius 2 is 1.88 bits per heavy atom. The number of benzene rings is 2. The zero-order chi connectivity index (χ0) is 22.9. The van der Waals surface area contributed by atoms with Crippen LogP contribution in [0.3, 0.4) is 0 Å². The van der Waals surface area contributed by atoms with Crippen LogP contribution in [0.4, 0.5) is 9.52 Å². The molecule has 2 heterocycles. The number of rotatable bonds is 5. The number of amides is 1. The number of aromatic nitrogens is 1. The quantitative estimate of drug-likeness (QED) is 0.587. The van der Waals surface area contributed by atoms with E-state index in [2.05, 4.69) is 16.4 Å². The number of nitrogens with zero attached hydrogens (tertiary/aromatic N) is 2. The maximum absolute atomic E-state index is 14.0. The van der Waals surface area contributed by atoms with Gasteiger partial charge >= 0.3 is 0 Å². The van der Waals surface area contributed by atoms with E-state index in [1.807, 2.05) is 31.4 Å². The lowest BCUT2D eigenvalue weighted by Crippen LogP contribution is -2.41. The molecule has 4 rings (SSSR count). The van der Waals surface area contributed by atoms with E-state index >= 15 is 0 Å². The van der Waals surface area contributed by atoms with Gasteiger partial charge in [-0.1, -0.05) is 35.9 Å². The first kappa shape index (κ1) is 22.6. The van der Waals surface area contributed by atoms with Gasteiger partial charge in [-0.15, -0.1) is 11.3 Å². The van der Waals surface area contributed by atoms with Crippen LogP contribution in [0, 0.1) is 25.6 Å². The van der Waals surface area contributed by atoms with Crippen LogP contribution in [0.1, 0.15) is 24.0 Å². The monoisotopic (exact) mass is 473 g/mol. The van der Waals surface area contributed by atoms with Crippen LogP contribution in [0.25, 0.3) is 11.3 Å². The highest BCUT2D eigenvalue weighted by molar-refractivity contribution is 7.89. The summed E-state index contributed by atoms with van der Waals surface area (Å²) in [6.07, 6.45) is 0.740. The molecule has 1 aromatic heterocycles. The van der Waals surface area contributed by atoms with E-state index in [-0.39, 0.29) is 29.8 Å². The van der Waals surface area contributed by atoms with Crippen molar-refractivity contribution in [1.82, 2.24) is 9.29 Å². The minimum absolute atomic E-state index is 0.167. The Morgan fingerprint density at radius 1 is 1.16 bits per heavy atom. The topological polar surface area (TPSA) is 79.4 Å². The summed E-state index contributed by atoms with van der Waals surface area (Å²) in [7, 11) is -3.92. The summed E-state index contributed by atoms with van der Waals surface area (Å²) in [5, 5.41) is 5.30. The summed E-state index contributed by atoms with van der Waals surface area (Å²) in [6.45, 7) is 4.40. The first-order valence-electron chi connectivity index (χ1n) is 10.3. The Labute approximate surface area is 191 Å². The van der Waals surface area contributed by atoms with Crippen LogP contribution in [-0.4, -0.2) is 36.7 Å². The summed E-state index contributed by atoms with van der Waals surface area (Å²) in [6, 6.07) is 11.5. The number of hydrogen-bond donors (Lipinski definition) is 1. The van der Waals surface area contributed by atoms with Crippen LogP contribution in [-0.2, 0) is 14.8 Å². The molecule has 1 fully saturated rings. The van der Waals surface area contributed by atoms with Crippen LogP contribution in [0.5, 0.6) is 0 Å². The van der Waals surface area contributed by atoms with Crippen LogP contribution < -0.4 is 5.32 Å². The summed E-state index contributed by atoms with van der Waals surface area (Å²) in [5.41, 5.74) is 4.14. The number of halogens is 1. The van der Waals surface area contributed by atoms with Crippen molar-refractivity contribution in [2.45, 2.75) is 31.6 Å². The number of aryl methyl sites for hydroxylation is 2. The summed E-state index contributed by atoms with van der Waals surface area (Å²) in [4.78, 5) is 17.0. The molecule has 0 radical (unpaired) electrons. The maximum atomic E-state index is 14.0. The van der Waals surface area contributed by atoms with Crippen molar-refractivity contribution in [3.8, 4) is 11.3 Å². The fourth-order valence-electron chi connectivity index (χ4n) is 3.91. The normalized spacial score (nSPS) is 15.6. The smallest absolute Gasteiger partial charge is 0.245 e. The summed E-state index contributed by atoms with van der Waals surface area (Å²) < 4.78 is 40.7. The molecule has 0 aliphatic carbocycles. The molecule has 0 saturated carbocycles. The molecule has 0 unspecified atom stereocenters. The fraction of sp³-hybridized carbons (Fsp3) is 0.304. The largest absolute Gasteiger partial charge is 0.302 e. The number of carbonyl (C=O) groups is 1. The molecular formula is C23H24FN3O3S2. The zero-order valence-corrected chi connectivity index (χ0v) is 19.5. The van der Waals surface area contributed by atoms with Crippen molar-refractivity contribution in [1.29, 1.82) is 0 Å². The molecule has 3 aromatic rings. The molecule has 1 aliphatic rings. The van der Waals surface area contributed by atoms with E-state index in [1.165, 1.54) is 39.4 Å². The predicted molar refractivity (Wildman–Crippen MR) is 124 cm³/mol. The lowest BCUT2D eigenvalue weighted by atomic mass is 9.97. The van der Waals surface area contributed by atoms with Gasteiger partial charge in [0.25, 0.3) is 0 Å². The zero-order valence-electron chi connectivity index (χ0n) is 17.8. The van der Waals surface area contributed by atoms with Crippen LogP contribution >= 0.6 is 11.3 Å². The third-order valence-corrected chi connectivity index (χ3v) is 8.36. The average Bonchev–Trinajstić information content (AvgIpc) is 3.22. The molecule has 0 bridgehead atoms. The number of piperidine rings is 1. The first-order chi connectivity index (χ1) is 15.3. The van der Waals surface area contributed by atoms with Gasteiger partial charge in [-0.2, -0.15) is 4.31 Å². The SMILES string of the molecule is Cc1ccc(-c2csc(NC(=O)C3CCN(S(=O)(=O)c4ccccc4F)CC3)n2)c(C)c1. The molecule has 32 heavy (non-hydrogen) atoms. The van der Waals surface area contributed by atoms with Gasteiger partial charge in [-0.05, 0) is 44.4 Å². The Bertz CT molecular complexity index is 1250. The lowest BCUT2D eigenvalue weighted by Gasteiger charge is -2.30. The highest BCUT2D eigenvalue weighted by Crippen LogP contribution is 2.30. The highest BCUT2D eigenvalue weighted by atomic mass is 32.2. The Balaban J connectivity index is 1.38. The molecule has 1 amide bonds. The Morgan fingerprint density at radius 3 is 2.56 bits per heavy atom. The Kier molecular flexibility index (Phi) is 6.41. The van der Waals surface area contributed by atoms with Gasteiger partial charge < -0.3 is 5.32 Å². The van der Waals surface area contributed by atoms with Crippen LogP contribution in [0.2, 0.25) is 0 Å². The number of sulfonamides is 1. The second-order valence-electron chi connectivity index (χ2n) is 7.95. The van der Waals surface area contributed by atoms with E-state index in [1.54, 1.807) is 0 Å². The number of hydrogen-bond acceptors (Lipinski definition) is 5. The van der Waals surface area contributed by atoms with Crippen LogP contribution in [0.15, 0.2) is 52.7 Å². The minimum Gasteiger partial charge on any atom is -0.302 e. The van der Waals surface area contributed by atoms with E-state index in [9.17, 15) is 17.6 Å². The molecule has 0 atom stereocenters. The first-order valence-corrected chi connectivity index (χ1v) is 12.7. The maximum Gasteiger partial charge on any atom is 0.245 e. The molecular weight excluding hydrogens is 449 g/mol. The van der Waals surface area contributed by atoms with Gasteiger partial charge in [0.15, 0.2) is 5.13 Å². The second-order valence-corrected chi connectivity index (χ2v) is 10.7. The minimum atomic E-state index is -3.92. The standard InChI is InChI=1S/C23H24FN3O3S2/c1-15-7-8-18(16(2)13-15)20-14-31-23(25-20)26-22(28)17-9-11-27(12-10-17)32(29,30)21-6-4-3-5-19(21)24/h3-8,13-14,17H,9-12H2,1-2H3,(H,25,26,28). The fourth-order valence-corrected chi connectivity index (χ4v) is 6.16. The molecule has 1 saturated heterocycles. The highest BCUT2D eigenvalue weighted by Gasteiger charge is 2.33. The van der Waals surface area contributed by atoms with Crippen molar-refractivity contribution < 1.29 is 17.6 Å². The molecule has 1 aliphatic heterocycles. The summed E-state index contributed by atoms with van der Waals surface area (Å²) in [5.74, 6) is -1.26. The molecule has 168 valence electrons. The third kappa shape index (κ3) is 4.60. The van der Waals surface area contributed by atoms with Crippen molar-refractivity contribution in [2.24, 2.45) is 5.92 Å². The molecule has 1 N–H and O–H groups in total. The molecule has 0 spiro atoms. The van der Waals surface area contributed by atoms with Gasteiger partial charge in [-0.25, -0.2) is 17.8 Å².